The lowest BCUT2D eigenvalue weighted by Crippen LogP contribution is -2.41. The lowest BCUT2D eigenvalue weighted by molar-refractivity contribution is -0.118. The second-order valence-electron chi connectivity index (χ2n) is 7.58. The molecule has 0 spiro atoms. The zero-order valence-electron chi connectivity index (χ0n) is 17.1. The minimum atomic E-state index is -0.245. The molecule has 0 aliphatic carbocycles. The summed E-state index contributed by atoms with van der Waals surface area (Å²) in [6, 6.07) is 16.3. The molecule has 152 valence electrons. The van der Waals surface area contributed by atoms with Gasteiger partial charge in [0.2, 0.25) is 11.1 Å². The van der Waals surface area contributed by atoms with Gasteiger partial charge in [0.05, 0.1) is 10.8 Å². The minimum Gasteiger partial charge on any atom is -0.327 e. The summed E-state index contributed by atoms with van der Waals surface area (Å²) in [7, 11) is 1.99. The molecule has 3 heterocycles. The highest BCUT2D eigenvalue weighted by Gasteiger charge is 2.29. The molecule has 2 aromatic carbocycles. The van der Waals surface area contributed by atoms with Crippen molar-refractivity contribution < 1.29 is 4.79 Å². The van der Waals surface area contributed by atoms with Crippen molar-refractivity contribution in [1.82, 2.24) is 19.7 Å². The summed E-state index contributed by atoms with van der Waals surface area (Å²) in [4.78, 5) is 20.1. The van der Waals surface area contributed by atoms with Crippen molar-refractivity contribution in [3.05, 3.63) is 54.1 Å². The SMILES string of the molecule is CC[C@H](Sc1nnc2c3ccccc3n(C)c2n1)C(=O)N1CCCc2ccccc21. The zero-order chi connectivity index (χ0) is 20.7. The molecule has 0 saturated heterocycles. The van der Waals surface area contributed by atoms with Gasteiger partial charge < -0.3 is 9.47 Å². The van der Waals surface area contributed by atoms with Gasteiger partial charge >= 0.3 is 0 Å². The number of carbonyl (C=O) groups excluding carboxylic acids is 1. The third kappa shape index (κ3) is 3.13. The molecule has 1 atom stereocenters. The van der Waals surface area contributed by atoms with Crippen LogP contribution in [0, 0.1) is 0 Å². The average Bonchev–Trinajstić information content (AvgIpc) is 3.08. The summed E-state index contributed by atoms with van der Waals surface area (Å²) in [6.07, 6.45) is 2.72. The maximum absolute atomic E-state index is 13.4. The quantitative estimate of drug-likeness (QED) is 0.462. The van der Waals surface area contributed by atoms with E-state index >= 15 is 0 Å². The Labute approximate surface area is 179 Å². The number of carbonyl (C=O) groups is 1. The number of amides is 1. The molecule has 0 unspecified atom stereocenters. The highest BCUT2D eigenvalue weighted by molar-refractivity contribution is 8.00. The van der Waals surface area contributed by atoms with Crippen LogP contribution in [0.3, 0.4) is 0 Å². The Morgan fingerprint density at radius 3 is 2.80 bits per heavy atom. The van der Waals surface area contributed by atoms with Crippen LogP contribution < -0.4 is 4.90 Å². The molecule has 5 rings (SSSR count). The molecule has 1 aliphatic heterocycles. The van der Waals surface area contributed by atoms with Crippen LogP contribution in [0.25, 0.3) is 22.1 Å². The second-order valence-corrected chi connectivity index (χ2v) is 8.75. The highest BCUT2D eigenvalue weighted by Crippen LogP contribution is 2.32. The van der Waals surface area contributed by atoms with E-state index in [0.29, 0.717) is 11.6 Å². The average molecular weight is 418 g/mol. The van der Waals surface area contributed by atoms with E-state index in [-0.39, 0.29) is 11.2 Å². The minimum absolute atomic E-state index is 0.121. The van der Waals surface area contributed by atoms with Crippen molar-refractivity contribution in [2.45, 2.75) is 36.6 Å². The topological polar surface area (TPSA) is 63.9 Å². The van der Waals surface area contributed by atoms with Gasteiger partial charge in [-0.3, -0.25) is 4.79 Å². The van der Waals surface area contributed by atoms with Gasteiger partial charge in [-0.05, 0) is 37.0 Å². The summed E-state index contributed by atoms with van der Waals surface area (Å²) < 4.78 is 2.03. The lowest BCUT2D eigenvalue weighted by Gasteiger charge is -2.31. The van der Waals surface area contributed by atoms with Crippen LogP contribution in [-0.2, 0) is 18.3 Å². The molecule has 30 heavy (non-hydrogen) atoms. The Morgan fingerprint density at radius 1 is 1.13 bits per heavy atom. The van der Waals surface area contributed by atoms with E-state index in [2.05, 4.69) is 22.3 Å². The number of anilines is 1. The summed E-state index contributed by atoms with van der Waals surface area (Å²) in [5.74, 6) is 0.121. The van der Waals surface area contributed by atoms with Crippen molar-refractivity contribution in [2.24, 2.45) is 7.05 Å². The Hall–Kier alpha value is -2.93. The Bertz CT molecular complexity index is 1250. The number of hydrogen-bond donors (Lipinski definition) is 0. The highest BCUT2D eigenvalue weighted by atomic mass is 32.2. The number of rotatable bonds is 4. The predicted molar refractivity (Wildman–Crippen MR) is 121 cm³/mol. The van der Waals surface area contributed by atoms with Crippen LogP contribution in [0.1, 0.15) is 25.3 Å². The fourth-order valence-electron chi connectivity index (χ4n) is 4.21. The smallest absolute Gasteiger partial charge is 0.240 e. The van der Waals surface area contributed by atoms with Gasteiger partial charge in [-0.25, -0.2) is 4.98 Å². The summed E-state index contributed by atoms with van der Waals surface area (Å²) in [5, 5.41) is 10.1. The first-order valence-electron chi connectivity index (χ1n) is 10.3. The van der Waals surface area contributed by atoms with E-state index in [9.17, 15) is 4.79 Å². The van der Waals surface area contributed by atoms with Gasteiger partial charge in [0.25, 0.3) is 0 Å². The molecule has 0 N–H and O–H groups in total. The number of fused-ring (bicyclic) bond motifs is 4. The number of para-hydroxylation sites is 2. The van der Waals surface area contributed by atoms with Gasteiger partial charge in [0.15, 0.2) is 5.65 Å². The molecular formula is C23H23N5OS. The third-order valence-corrected chi connectivity index (χ3v) is 6.96. The normalized spacial score (nSPS) is 14.8. The van der Waals surface area contributed by atoms with Crippen molar-refractivity contribution in [3.8, 4) is 0 Å². The standard InChI is InChI=1S/C23H23N5OS/c1-3-19(22(29)28-14-8-10-15-9-4-6-12-17(15)28)30-23-24-21-20(25-26-23)16-11-5-7-13-18(16)27(21)2/h4-7,9,11-13,19H,3,8,10,14H2,1-2H3/t19-/m0/s1. The first-order chi connectivity index (χ1) is 14.7. The Balaban J connectivity index is 1.45. The first-order valence-corrected chi connectivity index (χ1v) is 11.2. The van der Waals surface area contributed by atoms with Gasteiger partial charge in [-0.1, -0.05) is 55.1 Å². The number of benzene rings is 2. The number of nitrogens with zero attached hydrogens (tertiary/aromatic N) is 5. The molecule has 0 fully saturated rings. The third-order valence-electron chi connectivity index (χ3n) is 5.76. The molecule has 0 bridgehead atoms. The first kappa shape index (κ1) is 19.1. The molecule has 2 aromatic heterocycles. The van der Waals surface area contributed by atoms with E-state index in [1.165, 1.54) is 17.3 Å². The summed E-state index contributed by atoms with van der Waals surface area (Å²) >= 11 is 1.41. The molecule has 6 nitrogen and oxygen atoms in total. The van der Waals surface area contributed by atoms with E-state index in [1.54, 1.807) is 0 Å². The number of hydrogen-bond acceptors (Lipinski definition) is 5. The van der Waals surface area contributed by atoms with Crippen LogP contribution in [-0.4, -0.2) is 37.5 Å². The van der Waals surface area contributed by atoms with Crippen molar-refractivity contribution in [2.75, 3.05) is 11.4 Å². The van der Waals surface area contributed by atoms with Crippen molar-refractivity contribution >= 4 is 45.4 Å². The number of thioether (sulfide) groups is 1. The summed E-state index contributed by atoms with van der Waals surface area (Å²) in [5.41, 5.74) is 4.94. The van der Waals surface area contributed by atoms with E-state index < -0.39 is 0 Å². The fraction of sp³-hybridized carbons (Fsp3) is 0.304. The molecular weight excluding hydrogens is 394 g/mol. The molecule has 0 saturated carbocycles. The van der Waals surface area contributed by atoms with Crippen LogP contribution in [0.2, 0.25) is 0 Å². The van der Waals surface area contributed by atoms with Gasteiger partial charge in [-0.15, -0.1) is 10.2 Å². The monoisotopic (exact) mass is 417 g/mol. The largest absolute Gasteiger partial charge is 0.327 e. The zero-order valence-corrected chi connectivity index (χ0v) is 17.9. The predicted octanol–water partition coefficient (Wildman–Crippen LogP) is 4.37. The number of aryl methyl sites for hydroxylation is 2. The second kappa shape index (κ2) is 7.72. The maximum Gasteiger partial charge on any atom is 0.240 e. The summed E-state index contributed by atoms with van der Waals surface area (Å²) in [6.45, 7) is 2.79. The Kier molecular flexibility index (Phi) is 4.90. The molecule has 1 amide bonds. The van der Waals surface area contributed by atoms with Crippen molar-refractivity contribution in [1.29, 1.82) is 0 Å². The van der Waals surface area contributed by atoms with Gasteiger partial charge in [0.1, 0.15) is 5.52 Å². The molecule has 7 heteroatoms. The van der Waals surface area contributed by atoms with Crippen LogP contribution in [0.5, 0.6) is 0 Å². The lowest BCUT2D eigenvalue weighted by atomic mass is 10.0. The van der Waals surface area contributed by atoms with E-state index in [1.807, 2.05) is 59.8 Å². The fourth-order valence-corrected chi connectivity index (χ4v) is 5.09. The van der Waals surface area contributed by atoms with Crippen LogP contribution >= 0.6 is 11.8 Å². The molecule has 0 radical (unpaired) electrons. The van der Waals surface area contributed by atoms with E-state index in [0.717, 1.165) is 47.1 Å². The maximum atomic E-state index is 13.4. The van der Waals surface area contributed by atoms with Crippen LogP contribution in [0.4, 0.5) is 5.69 Å². The van der Waals surface area contributed by atoms with E-state index in [4.69, 9.17) is 4.98 Å². The molecule has 4 aromatic rings. The van der Waals surface area contributed by atoms with Crippen LogP contribution in [0.15, 0.2) is 53.7 Å². The van der Waals surface area contributed by atoms with Gasteiger partial charge in [-0.2, -0.15) is 0 Å². The van der Waals surface area contributed by atoms with Gasteiger partial charge in [0, 0.05) is 24.7 Å². The van der Waals surface area contributed by atoms with Crippen molar-refractivity contribution in [3.63, 3.8) is 0 Å². The molecule has 1 aliphatic rings. The Morgan fingerprint density at radius 2 is 1.93 bits per heavy atom. The number of aromatic nitrogens is 4.